The monoisotopic (exact) mass is 242 g/mol. The highest BCUT2D eigenvalue weighted by atomic mass is 16.5. The van der Waals surface area contributed by atoms with E-state index in [0.29, 0.717) is 6.42 Å². The molecule has 100 valence electrons. The Morgan fingerprint density at radius 1 is 1.53 bits per heavy atom. The van der Waals surface area contributed by atoms with Gasteiger partial charge in [0.1, 0.15) is 0 Å². The molecular formula is C13H26N2O2. The van der Waals surface area contributed by atoms with Gasteiger partial charge in [-0.25, -0.2) is 0 Å². The number of ether oxygens (including phenoxy) is 1. The Kier molecular flexibility index (Phi) is 7.21. The topological polar surface area (TPSA) is 41.6 Å². The molecular weight excluding hydrogens is 216 g/mol. The van der Waals surface area contributed by atoms with Crippen molar-refractivity contribution < 1.29 is 9.53 Å². The van der Waals surface area contributed by atoms with E-state index >= 15 is 0 Å². The van der Waals surface area contributed by atoms with E-state index in [9.17, 15) is 4.79 Å². The smallest absolute Gasteiger partial charge is 0.305 e. The quantitative estimate of drug-likeness (QED) is 0.683. The van der Waals surface area contributed by atoms with E-state index in [1.54, 1.807) is 0 Å². The van der Waals surface area contributed by atoms with Crippen LogP contribution in [0.4, 0.5) is 0 Å². The molecule has 1 rings (SSSR count). The summed E-state index contributed by atoms with van der Waals surface area (Å²) in [6, 6.07) is 0. The fraction of sp³-hybridized carbons (Fsp3) is 0.923. The van der Waals surface area contributed by atoms with Crippen molar-refractivity contribution in [3.8, 4) is 0 Å². The fourth-order valence-electron chi connectivity index (χ4n) is 2.37. The van der Waals surface area contributed by atoms with Crippen LogP contribution in [-0.4, -0.2) is 50.7 Å². The van der Waals surface area contributed by atoms with Crippen LogP contribution in [0.3, 0.4) is 0 Å². The third kappa shape index (κ3) is 6.03. The number of carbonyl (C=O) groups excluding carboxylic acids is 1. The average Bonchev–Trinajstić information content (AvgIpc) is 2.38. The molecule has 1 fully saturated rings. The van der Waals surface area contributed by atoms with Crippen molar-refractivity contribution in [3.05, 3.63) is 0 Å². The van der Waals surface area contributed by atoms with Gasteiger partial charge in [-0.2, -0.15) is 0 Å². The van der Waals surface area contributed by atoms with Gasteiger partial charge in [0.25, 0.3) is 0 Å². The molecule has 1 aliphatic rings. The van der Waals surface area contributed by atoms with Crippen molar-refractivity contribution in [1.82, 2.24) is 10.2 Å². The number of nitrogens with zero attached hydrogens (tertiary/aromatic N) is 1. The summed E-state index contributed by atoms with van der Waals surface area (Å²) in [5.41, 5.74) is 0. The molecule has 4 heteroatoms. The van der Waals surface area contributed by atoms with E-state index in [1.807, 2.05) is 0 Å². The molecule has 0 aromatic rings. The number of rotatable bonds is 7. The first-order chi connectivity index (χ1) is 8.26. The van der Waals surface area contributed by atoms with Gasteiger partial charge in [-0.1, -0.05) is 6.92 Å². The van der Waals surface area contributed by atoms with Gasteiger partial charge in [-0.05, 0) is 51.4 Å². The predicted octanol–water partition coefficient (Wildman–Crippen LogP) is 1.26. The summed E-state index contributed by atoms with van der Waals surface area (Å²) in [6.07, 6.45) is 4.07. The lowest BCUT2D eigenvalue weighted by molar-refractivity contribution is -0.140. The van der Waals surface area contributed by atoms with Crippen LogP contribution in [-0.2, 0) is 9.53 Å². The second-order valence-corrected chi connectivity index (χ2v) is 4.79. The first kappa shape index (κ1) is 14.5. The Bertz CT molecular complexity index is 215. The van der Waals surface area contributed by atoms with Crippen LogP contribution >= 0.6 is 0 Å². The number of esters is 1. The minimum absolute atomic E-state index is 0.0969. The minimum Gasteiger partial charge on any atom is -0.469 e. The summed E-state index contributed by atoms with van der Waals surface area (Å²) in [7, 11) is 1.45. The summed E-state index contributed by atoms with van der Waals surface area (Å²) in [5, 5.41) is 3.45. The first-order valence-corrected chi connectivity index (χ1v) is 6.76. The molecule has 0 bridgehead atoms. The van der Waals surface area contributed by atoms with Crippen LogP contribution < -0.4 is 5.32 Å². The molecule has 1 saturated heterocycles. The van der Waals surface area contributed by atoms with Crippen LogP contribution in [0.15, 0.2) is 0 Å². The number of piperidine rings is 1. The lowest BCUT2D eigenvalue weighted by Gasteiger charge is -2.29. The third-order valence-electron chi connectivity index (χ3n) is 3.45. The molecule has 0 spiro atoms. The molecule has 17 heavy (non-hydrogen) atoms. The molecule has 1 unspecified atom stereocenters. The summed E-state index contributed by atoms with van der Waals surface area (Å²) < 4.78 is 4.65. The van der Waals surface area contributed by atoms with Gasteiger partial charge in [-0.3, -0.25) is 4.79 Å². The van der Waals surface area contributed by atoms with Crippen molar-refractivity contribution in [1.29, 1.82) is 0 Å². The highest BCUT2D eigenvalue weighted by molar-refractivity contribution is 5.69. The van der Waals surface area contributed by atoms with E-state index in [1.165, 1.54) is 26.5 Å². The number of methoxy groups -OCH3 is 1. The number of hydrogen-bond acceptors (Lipinski definition) is 4. The van der Waals surface area contributed by atoms with Gasteiger partial charge >= 0.3 is 5.97 Å². The molecule has 1 heterocycles. The standard InChI is InChI=1S/C13H26N2O2/c1-3-15(9-5-7-13(16)17-2)11-12-6-4-8-14-10-12/h12,14H,3-11H2,1-2H3. The Morgan fingerprint density at radius 2 is 2.35 bits per heavy atom. The van der Waals surface area contributed by atoms with Gasteiger partial charge in [-0.15, -0.1) is 0 Å². The largest absolute Gasteiger partial charge is 0.469 e. The highest BCUT2D eigenvalue weighted by Crippen LogP contribution is 2.12. The molecule has 0 aliphatic carbocycles. The molecule has 4 nitrogen and oxygen atoms in total. The Labute approximate surface area is 105 Å². The number of hydrogen-bond donors (Lipinski definition) is 1. The minimum atomic E-state index is -0.0969. The molecule has 1 N–H and O–H groups in total. The summed E-state index contributed by atoms with van der Waals surface area (Å²) >= 11 is 0. The average molecular weight is 242 g/mol. The van der Waals surface area contributed by atoms with Gasteiger partial charge in [0.15, 0.2) is 0 Å². The maximum atomic E-state index is 11.0. The van der Waals surface area contributed by atoms with Crippen LogP contribution in [0.2, 0.25) is 0 Å². The van der Waals surface area contributed by atoms with Crippen molar-refractivity contribution in [2.45, 2.75) is 32.6 Å². The summed E-state index contributed by atoms with van der Waals surface area (Å²) in [6.45, 7) is 7.73. The van der Waals surface area contributed by atoms with Gasteiger partial charge < -0.3 is 15.0 Å². The molecule has 0 saturated carbocycles. The zero-order chi connectivity index (χ0) is 12.5. The molecule has 0 radical (unpaired) electrons. The number of nitrogens with one attached hydrogen (secondary N) is 1. The lowest BCUT2D eigenvalue weighted by Crippen LogP contribution is -2.38. The number of carbonyl (C=O) groups is 1. The first-order valence-electron chi connectivity index (χ1n) is 6.76. The second kappa shape index (κ2) is 8.48. The lowest BCUT2D eigenvalue weighted by atomic mass is 9.99. The zero-order valence-electron chi connectivity index (χ0n) is 11.2. The molecule has 1 atom stereocenters. The second-order valence-electron chi connectivity index (χ2n) is 4.79. The molecule has 0 amide bonds. The van der Waals surface area contributed by atoms with Gasteiger partial charge in [0.2, 0.25) is 0 Å². The van der Waals surface area contributed by atoms with Crippen LogP contribution in [0.5, 0.6) is 0 Å². The van der Waals surface area contributed by atoms with Crippen molar-refractivity contribution in [2.75, 3.05) is 39.8 Å². The van der Waals surface area contributed by atoms with E-state index in [-0.39, 0.29) is 5.97 Å². The fourth-order valence-corrected chi connectivity index (χ4v) is 2.37. The van der Waals surface area contributed by atoms with Crippen LogP contribution in [0, 0.1) is 5.92 Å². The third-order valence-corrected chi connectivity index (χ3v) is 3.45. The molecule has 0 aromatic heterocycles. The van der Waals surface area contributed by atoms with E-state index in [2.05, 4.69) is 21.9 Å². The molecule has 1 aliphatic heterocycles. The summed E-state index contributed by atoms with van der Waals surface area (Å²) in [5.74, 6) is 0.683. The SMILES string of the molecule is CCN(CCCC(=O)OC)CC1CCCNC1. The van der Waals surface area contributed by atoms with E-state index < -0.39 is 0 Å². The van der Waals surface area contributed by atoms with Gasteiger partial charge in [0.05, 0.1) is 7.11 Å². The highest BCUT2D eigenvalue weighted by Gasteiger charge is 2.16. The van der Waals surface area contributed by atoms with E-state index in [4.69, 9.17) is 0 Å². The predicted molar refractivity (Wildman–Crippen MR) is 69.0 cm³/mol. The Balaban J connectivity index is 2.16. The maximum absolute atomic E-state index is 11.0. The van der Waals surface area contributed by atoms with Crippen molar-refractivity contribution in [3.63, 3.8) is 0 Å². The van der Waals surface area contributed by atoms with Crippen molar-refractivity contribution in [2.24, 2.45) is 5.92 Å². The van der Waals surface area contributed by atoms with Crippen molar-refractivity contribution >= 4 is 5.97 Å². The van der Waals surface area contributed by atoms with Crippen LogP contribution in [0.1, 0.15) is 32.6 Å². The zero-order valence-corrected chi connectivity index (χ0v) is 11.2. The normalized spacial score (nSPS) is 20.5. The Morgan fingerprint density at radius 3 is 2.94 bits per heavy atom. The van der Waals surface area contributed by atoms with Gasteiger partial charge in [0, 0.05) is 13.0 Å². The van der Waals surface area contributed by atoms with E-state index in [0.717, 1.165) is 38.5 Å². The maximum Gasteiger partial charge on any atom is 0.305 e. The molecule has 0 aromatic carbocycles. The summed E-state index contributed by atoms with van der Waals surface area (Å²) in [4.78, 5) is 13.5. The Hall–Kier alpha value is -0.610. The van der Waals surface area contributed by atoms with Crippen LogP contribution in [0.25, 0.3) is 0 Å².